The maximum absolute atomic E-state index is 12.2. The van der Waals surface area contributed by atoms with Crippen molar-refractivity contribution < 1.29 is 9.53 Å². The van der Waals surface area contributed by atoms with Gasteiger partial charge in [-0.2, -0.15) is 0 Å². The van der Waals surface area contributed by atoms with E-state index in [0.717, 1.165) is 16.7 Å². The lowest BCUT2D eigenvalue weighted by atomic mass is 9.79. The molecule has 20 heavy (non-hydrogen) atoms. The quantitative estimate of drug-likeness (QED) is 0.803. The molecule has 0 radical (unpaired) electrons. The zero-order chi connectivity index (χ0) is 14.2. The van der Waals surface area contributed by atoms with Gasteiger partial charge in [0.15, 0.2) is 11.4 Å². The number of Topliss-reactive ketones (excluding diaryl/α,β-unsaturated/α-hetero) is 1. The van der Waals surface area contributed by atoms with E-state index in [0.29, 0.717) is 0 Å². The van der Waals surface area contributed by atoms with Crippen LogP contribution in [0.1, 0.15) is 22.1 Å². The first-order chi connectivity index (χ1) is 9.64. The Kier molecular flexibility index (Phi) is 3.36. The molecule has 3 rings (SSSR count). The SMILES string of the molecule is Cc1ccc([C@H](Cl)C2(c3ccccc3)OCC2=O)cc1. The van der Waals surface area contributed by atoms with Crippen molar-refractivity contribution in [1.82, 2.24) is 0 Å². The molecule has 1 saturated heterocycles. The summed E-state index contributed by atoms with van der Waals surface area (Å²) in [6.07, 6.45) is 0. The van der Waals surface area contributed by atoms with E-state index in [9.17, 15) is 4.79 Å². The van der Waals surface area contributed by atoms with Crippen molar-refractivity contribution in [3.63, 3.8) is 0 Å². The summed E-state index contributed by atoms with van der Waals surface area (Å²) < 4.78 is 5.68. The average Bonchev–Trinajstić information content (AvgIpc) is 2.48. The van der Waals surface area contributed by atoms with Gasteiger partial charge in [-0.15, -0.1) is 11.6 Å². The Morgan fingerprint density at radius 2 is 1.75 bits per heavy atom. The van der Waals surface area contributed by atoms with Crippen LogP contribution in [0.4, 0.5) is 0 Å². The van der Waals surface area contributed by atoms with E-state index in [2.05, 4.69) is 0 Å². The number of ether oxygens (including phenoxy) is 1. The predicted octanol–water partition coefficient (Wildman–Crippen LogP) is 3.77. The Hall–Kier alpha value is -1.64. The van der Waals surface area contributed by atoms with Gasteiger partial charge < -0.3 is 4.74 Å². The number of hydrogen-bond acceptors (Lipinski definition) is 2. The van der Waals surface area contributed by atoms with E-state index in [1.54, 1.807) is 0 Å². The second-order valence-corrected chi connectivity index (χ2v) is 5.52. The monoisotopic (exact) mass is 286 g/mol. The van der Waals surface area contributed by atoms with Crippen molar-refractivity contribution in [3.8, 4) is 0 Å². The highest BCUT2D eigenvalue weighted by Gasteiger charge is 2.55. The van der Waals surface area contributed by atoms with E-state index in [-0.39, 0.29) is 12.4 Å². The van der Waals surface area contributed by atoms with Gasteiger partial charge in [0, 0.05) is 0 Å². The third-order valence-electron chi connectivity index (χ3n) is 3.77. The minimum Gasteiger partial charge on any atom is -0.352 e. The first kappa shape index (κ1) is 13.3. The van der Waals surface area contributed by atoms with Crippen molar-refractivity contribution in [2.24, 2.45) is 0 Å². The Morgan fingerprint density at radius 3 is 2.25 bits per heavy atom. The van der Waals surface area contributed by atoms with E-state index in [1.165, 1.54) is 0 Å². The molecule has 2 atom stereocenters. The standard InChI is InChI=1S/C17H15ClO2/c1-12-7-9-13(10-8-12)16(18)17(15(19)11-20-17)14-5-3-2-4-6-14/h2-10,16H,11H2,1H3/t16-,17?/m0/s1. The van der Waals surface area contributed by atoms with Crippen molar-refractivity contribution in [2.45, 2.75) is 17.9 Å². The van der Waals surface area contributed by atoms with Crippen LogP contribution in [0.2, 0.25) is 0 Å². The number of hydrogen-bond donors (Lipinski definition) is 0. The van der Waals surface area contributed by atoms with Gasteiger partial charge in [0.05, 0.1) is 5.38 Å². The Labute approximate surface area is 123 Å². The highest BCUT2D eigenvalue weighted by atomic mass is 35.5. The van der Waals surface area contributed by atoms with Crippen molar-refractivity contribution >= 4 is 17.4 Å². The molecule has 2 aromatic rings. The van der Waals surface area contributed by atoms with Gasteiger partial charge in [0.1, 0.15) is 6.61 Å². The lowest BCUT2D eigenvalue weighted by Gasteiger charge is -2.43. The van der Waals surface area contributed by atoms with Gasteiger partial charge in [0.25, 0.3) is 0 Å². The number of halogens is 1. The zero-order valence-corrected chi connectivity index (χ0v) is 11.9. The first-order valence-corrected chi connectivity index (χ1v) is 7.01. The van der Waals surface area contributed by atoms with Gasteiger partial charge >= 0.3 is 0 Å². The number of carbonyl (C=O) groups is 1. The van der Waals surface area contributed by atoms with Crippen LogP contribution in [-0.2, 0) is 15.1 Å². The van der Waals surface area contributed by atoms with Crippen LogP contribution >= 0.6 is 11.6 Å². The van der Waals surface area contributed by atoms with Crippen LogP contribution in [-0.4, -0.2) is 12.4 Å². The first-order valence-electron chi connectivity index (χ1n) is 6.58. The van der Waals surface area contributed by atoms with Crippen molar-refractivity contribution in [3.05, 3.63) is 71.3 Å². The third-order valence-corrected chi connectivity index (χ3v) is 4.33. The number of carbonyl (C=O) groups excluding carboxylic acids is 1. The molecule has 1 heterocycles. The molecule has 0 spiro atoms. The Balaban J connectivity index is 2.03. The molecule has 0 aliphatic carbocycles. The van der Waals surface area contributed by atoms with E-state index < -0.39 is 11.0 Å². The number of alkyl halides is 1. The predicted molar refractivity (Wildman–Crippen MR) is 78.9 cm³/mol. The van der Waals surface area contributed by atoms with Crippen molar-refractivity contribution in [2.75, 3.05) is 6.61 Å². The molecule has 1 aliphatic rings. The van der Waals surface area contributed by atoms with Crippen LogP contribution in [0.25, 0.3) is 0 Å². The molecule has 0 saturated carbocycles. The topological polar surface area (TPSA) is 26.3 Å². The number of aryl methyl sites for hydroxylation is 1. The summed E-state index contributed by atoms with van der Waals surface area (Å²) in [6.45, 7) is 2.15. The minimum atomic E-state index is -1.04. The fourth-order valence-electron chi connectivity index (χ4n) is 2.55. The summed E-state index contributed by atoms with van der Waals surface area (Å²) in [6, 6.07) is 17.4. The minimum absolute atomic E-state index is 0.0317. The van der Waals surface area contributed by atoms with E-state index in [4.69, 9.17) is 16.3 Å². The fraction of sp³-hybridized carbons (Fsp3) is 0.235. The molecule has 2 aromatic carbocycles. The van der Waals surface area contributed by atoms with E-state index in [1.807, 2.05) is 61.5 Å². The van der Waals surface area contributed by atoms with Gasteiger partial charge in [0.2, 0.25) is 0 Å². The lowest BCUT2D eigenvalue weighted by molar-refractivity contribution is -0.182. The molecule has 0 aromatic heterocycles. The zero-order valence-electron chi connectivity index (χ0n) is 11.2. The summed E-state index contributed by atoms with van der Waals surface area (Å²) in [7, 11) is 0. The van der Waals surface area contributed by atoms with Gasteiger partial charge in [-0.3, -0.25) is 4.79 Å². The number of benzene rings is 2. The molecule has 1 aliphatic heterocycles. The van der Waals surface area contributed by atoms with Gasteiger partial charge in [-0.25, -0.2) is 0 Å². The van der Waals surface area contributed by atoms with Gasteiger partial charge in [-0.1, -0.05) is 60.2 Å². The summed E-state index contributed by atoms with van der Waals surface area (Å²) in [5.41, 5.74) is 1.83. The third kappa shape index (κ3) is 1.96. The highest BCUT2D eigenvalue weighted by molar-refractivity contribution is 6.24. The number of ketones is 1. The van der Waals surface area contributed by atoms with Crippen LogP contribution < -0.4 is 0 Å². The molecule has 1 fully saturated rings. The summed E-state index contributed by atoms with van der Waals surface area (Å²) in [5, 5.41) is -0.522. The van der Waals surface area contributed by atoms with Crippen molar-refractivity contribution in [1.29, 1.82) is 0 Å². The van der Waals surface area contributed by atoms with Crippen LogP contribution in [0.3, 0.4) is 0 Å². The largest absolute Gasteiger partial charge is 0.352 e. The summed E-state index contributed by atoms with van der Waals surface area (Å²) in [4.78, 5) is 12.2. The second-order valence-electron chi connectivity index (χ2n) is 5.09. The molecule has 0 bridgehead atoms. The maximum Gasteiger partial charge on any atom is 0.196 e. The fourth-order valence-corrected chi connectivity index (χ4v) is 3.00. The molecular formula is C17H15ClO2. The van der Waals surface area contributed by atoms with Crippen LogP contribution in [0.5, 0.6) is 0 Å². The maximum atomic E-state index is 12.2. The summed E-state index contributed by atoms with van der Waals surface area (Å²) in [5.74, 6) is 0.0317. The normalized spacial score (nSPS) is 23.2. The van der Waals surface area contributed by atoms with Gasteiger partial charge in [-0.05, 0) is 18.1 Å². The molecule has 1 unspecified atom stereocenters. The number of rotatable bonds is 3. The molecule has 2 nitrogen and oxygen atoms in total. The highest BCUT2D eigenvalue weighted by Crippen LogP contribution is 2.48. The molecule has 0 N–H and O–H groups in total. The second kappa shape index (κ2) is 5.04. The average molecular weight is 287 g/mol. The van der Waals surface area contributed by atoms with E-state index >= 15 is 0 Å². The lowest BCUT2D eigenvalue weighted by Crippen LogP contribution is -2.54. The molecule has 0 amide bonds. The molecule has 3 heteroatoms. The Morgan fingerprint density at radius 1 is 1.10 bits per heavy atom. The van der Waals surface area contributed by atoms with Crippen LogP contribution in [0.15, 0.2) is 54.6 Å². The smallest absolute Gasteiger partial charge is 0.196 e. The summed E-state index contributed by atoms with van der Waals surface area (Å²) >= 11 is 6.60. The molecule has 102 valence electrons. The van der Waals surface area contributed by atoms with Crippen LogP contribution in [0, 0.1) is 6.92 Å². The Bertz CT molecular complexity index is 621. The molecular weight excluding hydrogens is 272 g/mol.